The van der Waals surface area contributed by atoms with Crippen molar-refractivity contribution in [3.8, 4) is 0 Å². The Hall–Kier alpha value is -2.32. The molecular formula is C23H33ClN4O4. The van der Waals surface area contributed by atoms with Gasteiger partial charge >= 0.3 is 6.09 Å². The first-order chi connectivity index (χ1) is 15.1. The second kappa shape index (κ2) is 10.5. The molecule has 2 fully saturated rings. The molecule has 2 heterocycles. The second-order valence-corrected chi connectivity index (χ2v) is 9.78. The van der Waals surface area contributed by atoms with Crippen molar-refractivity contribution < 1.29 is 19.1 Å². The highest BCUT2D eigenvalue weighted by molar-refractivity contribution is 6.31. The third-order valence-electron chi connectivity index (χ3n) is 5.59. The van der Waals surface area contributed by atoms with Gasteiger partial charge in [-0.15, -0.1) is 0 Å². The summed E-state index contributed by atoms with van der Waals surface area (Å²) in [5, 5.41) is 3.53. The molecule has 2 aliphatic heterocycles. The fourth-order valence-electron chi connectivity index (χ4n) is 3.92. The normalized spacial score (nSPS) is 19.9. The molecule has 1 aromatic carbocycles. The lowest BCUT2D eigenvalue weighted by atomic mass is 10.1. The highest BCUT2D eigenvalue weighted by Crippen LogP contribution is 2.27. The first-order valence-electron chi connectivity index (χ1n) is 11.2. The molecule has 2 aliphatic rings. The number of carbonyl (C=O) groups is 3. The molecule has 0 bridgehead atoms. The number of ether oxygens (including phenoxy) is 1. The lowest BCUT2D eigenvalue weighted by molar-refractivity contribution is -0.126. The van der Waals surface area contributed by atoms with E-state index in [1.807, 2.05) is 26.8 Å². The van der Waals surface area contributed by atoms with Crippen LogP contribution in [0.25, 0.3) is 0 Å². The van der Waals surface area contributed by atoms with Crippen LogP contribution in [-0.4, -0.2) is 79.1 Å². The Balaban J connectivity index is 1.34. The third-order valence-corrected chi connectivity index (χ3v) is 5.83. The number of piperazine rings is 1. The van der Waals surface area contributed by atoms with Crippen LogP contribution < -0.4 is 10.2 Å². The van der Waals surface area contributed by atoms with Crippen molar-refractivity contribution in [2.24, 2.45) is 5.92 Å². The molecule has 0 aromatic heterocycles. The van der Waals surface area contributed by atoms with Gasteiger partial charge in [0.05, 0.1) is 5.92 Å². The number of benzene rings is 1. The molecule has 3 rings (SSSR count). The third kappa shape index (κ3) is 6.84. The number of hydrogen-bond donors (Lipinski definition) is 1. The number of halogens is 1. The first-order valence-corrected chi connectivity index (χ1v) is 11.5. The van der Waals surface area contributed by atoms with Crippen molar-refractivity contribution in [3.05, 3.63) is 29.3 Å². The molecule has 1 aromatic rings. The van der Waals surface area contributed by atoms with Crippen LogP contribution in [0.5, 0.6) is 0 Å². The topological polar surface area (TPSA) is 82.2 Å². The van der Waals surface area contributed by atoms with Gasteiger partial charge < -0.3 is 19.9 Å². The SMILES string of the molecule is CC(C)(C)OC(=O)N1CCN(CCCNC(=O)C2CC(=O)N(c3cccc(Cl)c3)C2)CC1. The summed E-state index contributed by atoms with van der Waals surface area (Å²) in [6.07, 6.45) is 0.768. The predicted octanol–water partition coefficient (Wildman–Crippen LogP) is 2.75. The Morgan fingerprint density at radius 1 is 1.19 bits per heavy atom. The largest absolute Gasteiger partial charge is 0.444 e. The summed E-state index contributed by atoms with van der Waals surface area (Å²) in [7, 11) is 0. The Bertz CT molecular complexity index is 834. The summed E-state index contributed by atoms with van der Waals surface area (Å²) >= 11 is 6.02. The van der Waals surface area contributed by atoms with Crippen LogP contribution in [-0.2, 0) is 14.3 Å². The lowest BCUT2D eigenvalue weighted by Gasteiger charge is -2.35. The second-order valence-electron chi connectivity index (χ2n) is 9.34. The van der Waals surface area contributed by atoms with Crippen molar-refractivity contribution in [2.45, 2.75) is 39.2 Å². The van der Waals surface area contributed by atoms with Gasteiger partial charge in [0.1, 0.15) is 5.60 Å². The molecule has 176 valence electrons. The van der Waals surface area contributed by atoms with E-state index in [4.69, 9.17) is 16.3 Å². The van der Waals surface area contributed by atoms with E-state index in [1.54, 1.807) is 28.0 Å². The fourth-order valence-corrected chi connectivity index (χ4v) is 4.10. The van der Waals surface area contributed by atoms with Crippen LogP contribution in [0.15, 0.2) is 24.3 Å². The number of anilines is 1. The van der Waals surface area contributed by atoms with Gasteiger partial charge in [-0.05, 0) is 51.9 Å². The minimum Gasteiger partial charge on any atom is -0.444 e. The fraction of sp³-hybridized carbons (Fsp3) is 0.609. The van der Waals surface area contributed by atoms with E-state index >= 15 is 0 Å². The van der Waals surface area contributed by atoms with Crippen molar-refractivity contribution in [3.63, 3.8) is 0 Å². The summed E-state index contributed by atoms with van der Waals surface area (Å²) in [5.41, 5.74) is 0.241. The average Bonchev–Trinajstić information content (AvgIpc) is 3.12. The molecule has 1 unspecified atom stereocenters. The van der Waals surface area contributed by atoms with Crippen LogP contribution in [0.3, 0.4) is 0 Å². The van der Waals surface area contributed by atoms with Gasteiger partial charge in [0.15, 0.2) is 0 Å². The maximum atomic E-state index is 12.5. The number of nitrogens with zero attached hydrogens (tertiary/aromatic N) is 3. The zero-order valence-electron chi connectivity index (χ0n) is 19.1. The number of hydrogen-bond acceptors (Lipinski definition) is 5. The molecule has 0 spiro atoms. The molecule has 9 heteroatoms. The van der Waals surface area contributed by atoms with Gasteiger partial charge in [-0.25, -0.2) is 4.79 Å². The highest BCUT2D eigenvalue weighted by atomic mass is 35.5. The summed E-state index contributed by atoms with van der Waals surface area (Å²) < 4.78 is 5.42. The number of rotatable bonds is 6. The smallest absolute Gasteiger partial charge is 0.410 e. The number of carbonyl (C=O) groups excluding carboxylic acids is 3. The van der Waals surface area contributed by atoms with Crippen LogP contribution in [0, 0.1) is 5.92 Å². The zero-order valence-corrected chi connectivity index (χ0v) is 19.9. The van der Waals surface area contributed by atoms with Gasteiger partial charge in [0.2, 0.25) is 11.8 Å². The molecule has 0 aliphatic carbocycles. The summed E-state index contributed by atoms with van der Waals surface area (Å²) in [5.74, 6) is -0.494. The van der Waals surface area contributed by atoms with Gasteiger partial charge in [-0.3, -0.25) is 14.5 Å². The summed E-state index contributed by atoms with van der Waals surface area (Å²) in [6.45, 7) is 10.3. The van der Waals surface area contributed by atoms with Crippen molar-refractivity contribution in [1.82, 2.24) is 15.1 Å². The monoisotopic (exact) mass is 464 g/mol. The minimum atomic E-state index is -0.485. The quantitative estimate of drug-likeness (QED) is 0.654. The highest BCUT2D eigenvalue weighted by Gasteiger charge is 2.35. The van der Waals surface area contributed by atoms with E-state index in [2.05, 4.69) is 10.2 Å². The van der Waals surface area contributed by atoms with E-state index in [0.29, 0.717) is 31.2 Å². The molecule has 3 amide bonds. The van der Waals surface area contributed by atoms with E-state index in [1.165, 1.54) is 0 Å². The molecule has 0 radical (unpaired) electrons. The Morgan fingerprint density at radius 3 is 2.56 bits per heavy atom. The van der Waals surface area contributed by atoms with Crippen LogP contribution >= 0.6 is 11.6 Å². The molecule has 2 saturated heterocycles. The van der Waals surface area contributed by atoms with E-state index in [9.17, 15) is 14.4 Å². The minimum absolute atomic E-state index is 0.0599. The molecular weight excluding hydrogens is 432 g/mol. The van der Waals surface area contributed by atoms with Gasteiger partial charge in [0, 0.05) is 56.4 Å². The molecule has 8 nitrogen and oxygen atoms in total. The van der Waals surface area contributed by atoms with Gasteiger partial charge in [-0.1, -0.05) is 17.7 Å². The van der Waals surface area contributed by atoms with Gasteiger partial charge in [-0.2, -0.15) is 0 Å². The van der Waals surface area contributed by atoms with Crippen LogP contribution in [0.2, 0.25) is 5.02 Å². The summed E-state index contributed by atoms with van der Waals surface area (Å²) in [6, 6.07) is 7.12. The summed E-state index contributed by atoms with van der Waals surface area (Å²) in [4.78, 5) is 42.7. The maximum absolute atomic E-state index is 12.5. The van der Waals surface area contributed by atoms with Gasteiger partial charge in [0.25, 0.3) is 0 Å². The molecule has 1 N–H and O–H groups in total. The average molecular weight is 465 g/mol. The van der Waals surface area contributed by atoms with Crippen molar-refractivity contribution in [2.75, 3.05) is 50.7 Å². The zero-order chi connectivity index (χ0) is 23.3. The first kappa shape index (κ1) is 24.3. The molecule has 0 saturated carbocycles. The molecule has 32 heavy (non-hydrogen) atoms. The Labute approximate surface area is 194 Å². The van der Waals surface area contributed by atoms with Crippen molar-refractivity contribution >= 4 is 35.2 Å². The van der Waals surface area contributed by atoms with E-state index in [-0.39, 0.29) is 30.2 Å². The standard InChI is InChI=1S/C23H33ClN4O4/c1-23(2,3)32-22(31)27-12-10-26(11-13-27)9-5-8-25-21(30)17-14-20(29)28(16-17)19-7-4-6-18(24)15-19/h4,6-7,15,17H,5,8-14,16H2,1-3H3,(H,25,30). The predicted molar refractivity (Wildman–Crippen MR) is 124 cm³/mol. The number of nitrogens with one attached hydrogen (secondary N) is 1. The van der Waals surface area contributed by atoms with Crippen molar-refractivity contribution in [1.29, 1.82) is 0 Å². The Kier molecular flexibility index (Phi) is 8.00. The van der Waals surface area contributed by atoms with E-state index < -0.39 is 5.60 Å². The van der Waals surface area contributed by atoms with Crippen LogP contribution in [0.4, 0.5) is 10.5 Å². The van der Waals surface area contributed by atoms with Crippen LogP contribution in [0.1, 0.15) is 33.6 Å². The maximum Gasteiger partial charge on any atom is 0.410 e. The Morgan fingerprint density at radius 2 is 1.91 bits per heavy atom. The van der Waals surface area contributed by atoms with E-state index in [0.717, 1.165) is 31.7 Å². The number of amides is 3. The molecule has 1 atom stereocenters. The lowest BCUT2D eigenvalue weighted by Crippen LogP contribution is -2.50.